The quantitative estimate of drug-likeness (QED) is 0.582. The number of anilines is 3. The number of amides is 1. The number of benzene rings is 2. The van der Waals surface area contributed by atoms with Crippen LogP contribution in [0.3, 0.4) is 0 Å². The maximum absolute atomic E-state index is 12.7. The first kappa shape index (κ1) is 25.5. The van der Waals surface area contributed by atoms with Crippen LogP contribution in [-0.4, -0.2) is 62.0 Å². The monoisotopic (exact) mass is 464 g/mol. The minimum absolute atomic E-state index is 0. The first-order valence-electron chi connectivity index (χ1n) is 10.9. The fourth-order valence-corrected chi connectivity index (χ4v) is 4.31. The van der Waals surface area contributed by atoms with Crippen molar-refractivity contribution >= 4 is 47.8 Å². The number of fused-ring (bicyclic) bond motifs is 2. The number of hydrogen-bond donors (Lipinski definition) is 1. The molecule has 2 aliphatic heterocycles. The van der Waals surface area contributed by atoms with E-state index in [4.69, 9.17) is 0 Å². The second-order valence-electron chi connectivity index (χ2n) is 8.20. The summed E-state index contributed by atoms with van der Waals surface area (Å²) < 4.78 is 0. The van der Waals surface area contributed by atoms with Crippen LogP contribution >= 0.6 is 24.8 Å². The topological polar surface area (TPSA) is 38.8 Å². The SMILES string of the molecule is CN1CCN(CCCCCCN2c3ccccc3NC(=O)c3ccccc32)CC1.Cl.Cl. The van der Waals surface area contributed by atoms with E-state index in [9.17, 15) is 4.79 Å². The van der Waals surface area contributed by atoms with Gasteiger partial charge in [-0.2, -0.15) is 0 Å². The molecule has 5 nitrogen and oxygen atoms in total. The number of likely N-dealkylation sites (N-methyl/N-ethyl adjacent to an activating group) is 1. The molecular weight excluding hydrogens is 431 g/mol. The van der Waals surface area contributed by atoms with Crippen LogP contribution in [0.25, 0.3) is 0 Å². The summed E-state index contributed by atoms with van der Waals surface area (Å²) >= 11 is 0. The second kappa shape index (κ2) is 12.3. The van der Waals surface area contributed by atoms with Gasteiger partial charge in [0.05, 0.1) is 22.6 Å². The van der Waals surface area contributed by atoms with Gasteiger partial charge >= 0.3 is 0 Å². The highest BCUT2D eigenvalue weighted by atomic mass is 35.5. The summed E-state index contributed by atoms with van der Waals surface area (Å²) in [6.07, 6.45) is 4.88. The normalized spacial score (nSPS) is 16.3. The molecule has 0 aliphatic carbocycles. The highest BCUT2D eigenvalue weighted by Crippen LogP contribution is 2.37. The molecule has 170 valence electrons. The molecule has 1 saturated heterocycles. The van der Waals surface area contributed by atoms with E-state index >= 15 is 0 Å². The van der Waals surface area contributed by atoms with E-state index in [0.29, 0.717) is 0 Å². The Morgan fingerprint density at radius 2 is 1.39 bits per heavy atom. The molecule has 0 unspecified atom stereocenters. The van der Waals surface area contributed by atoms with Gasteiger partial charge in [0.2, 0.25) is 0 Å². The Morgan fingerprint density at radius 3 is 2.13 bits per heavy atom. The summed E-state index contributed by atoms with van der Waals surface area (Å²) in [5, 5.41) is 3.07. The zero-order valence-corrected chi connectivity index (χ0v) is 19.9. The van der Waals surface area contributed by atoms with Crippen LogP contribution in [0.1, 0.15) is 36.0 Å². The Hall–Kier alpha value is -1.79. The first-order chi connectivity index (χ1) is 14.2. The van der Waals surface area contributed by atoms with Crippen molar-refractivity contribution in [2.75, 3.05) is 56.5 Å². The number of para-hydroxylation sites is 3. The van der Waals surface area contributed by atoms with Crippen molar-refractivity contribution in [2.24, 2.45) is 0 Å². The fraction of sp³-hybridized carbons (Fsp3) is 0.458. The van der Waals surface area contributed by atoms with Crippen molar-refractivity contribution in [1.29, 1.82) is 0 Å². The lowest BCUT2D eigenvalue weighted by Crippen LogP contribution is -2.44. The van der Waals surface area contributed by atoms with Gasteiger partial charge in [-0.15, -0.1) is 24.8 Å². The summed E-state index contributed by atoms with van der Waals surface area (Å²) in [4.78, 5) is 20.0. The summed E-state index contributed by atoms with van der Waals surface area (Å²) in [6.45, 7) is 6.96. The van der Waals surface area contributed by atoms with Crippen LogP contribution in [0.5, 0.6) is 0 Å². The summed E-state index contributed by atoms with van der Waals surface area (Å²) in [7, 11) is 2.21. The highest BCUT2D eigenvalue weighted by Gasteiger charge is 2.24. The van der Waals surface area contributed by atoms with Crippen LogP contribution in [0, 0.1) is 0 Å². The molecule has 2 heterocycles. The van der Waals surface area contributed by atoms with Crippen molar-refractivity contribution in [2.45, 2.75) is 25.7 Å². The maximum Gasteiger partial charge on any atom is 0.257 e. The molecule has 1 amide bonds. The number of unbranched alkanes of at least 4 members (excludes halogenated alkanes) is 3. The lowest BCUT2D eigenvalue weighted by molar-refractivity contribution is 0.102. The molecular formula is C24H34Cl2N4O. The Morgan fingerprint density at radius 1 is 0.774 bits per heavy atom. The van der Waals surface area contributed by atoms with Crippen LogP contribution in [0.2, 0.25) is 0 Å². The van der Waals surface area contributed by atoms with Gasteiger partial charge in [0, 0.05) is 32.7 Å². The largest absolute Gasteiger partial charge is 0.339 e. The van der Waals surface area contributed by atoms with Gasteiger partial charge < -0.3 is 20.0 Å². The highest BCUT2D eigenvalue weighted by molar-refractivity contribution is 6.12. The van der Waals surface area contributed by atoms with Gasteiger partial charge in [-0.1, -0.05) is 37.1 Å². The summed E-state index contributed by atoms with van der Waals surface area (Å²) in [5.41, 5.74) is 3.73. The molecule has 0 saturated carbocycles. The third kappa shape index (κ3) is 6.36. The molecule has 1 N–H and O–H groups in total. The number of nitrogens with one attached hydrogen (secondary N) is 1. The Bertz CT molecular complexity index is 840. The lowest BCUT2D eigenvalue weighted by atomic mass is 10.1. The van der Waals surface area contributed by atoms with Gasteiger partial charge in [-0.3, -0.25) is 4.79 Å². The molecule has 0 radical (unpaired) electrons. The van der Waals surface area contributed by atoms with E-state index < -0.39 is 0 Å². The number of piperazine rings is 1. The molecule has 0 bridgehead atoms. The van der Waals surface area contributed by atoms with Gasteiger partial charge in [0.1, 0.15) is 0 Å². The van der Waals surface area contributed by atoms with E-state index in [1.165, 1.54) is 52.0 Å². The van der Waals surface area contributed by atoms with Crippen LogP contribution in [0.4, 0.5) is 17.1 Å². The predicted molar refractivity (Wildman–Crippen MR) is 135 cm³/mol. The van der Waals surface area contributed by atoms with Crippen LogP contribution in [0.15, 0.2) is 48.5 Å². The van der Waals surface area contributed by atoms with Crippen molar-refractivity contribution in [3.63, 3.8) is 0 Å². The minimum Gasteiger partial charge on any atom is -0.339 e. The summed E-state index contributed by atoms with van der Waals surface area (Å²) in [6, 6.07) is 16.0. The van der Waals surface area contributed by atoms with E-state index in [2.05, 4.69) is 39.2 Å². The molecule has 2 aromatic carbocycles. The van der Waals surface area contributed by atoms with Crippen molar-refractivity contribution in [3.8, 4) is 0 Å². The summed E-state index contributed by atoms with van der Waals surface area (Å²) in [5.74, 6) is -0.0253. The van der Waals surface area contributed by atoms with Crippen LogP contribution in [-0.2, 0) is 0 Å². The number of rotatable bonds is 7. The molecule has 0 spiro atoms. The molecule has 31 heavy (non-hydrogen) atoms. The number of halogens is 2. The number of hydrogen-bond acceptors (Lipinski definition) is 4. The van der Waals surface area contributed by atoms with Gasteiger partial charge in [-0.05, 0) is 50.7 Å². The smallest absolute Gasteiger partial charge is 0.257 e. The molecule has 2 aromatic rings. The zero-order valence-electron chi connectivity index (χ0n) is 18.3. The average Bonchev–Trinajstić information content (AvgIpc) is 2.86. The molecule has 2 aliphatic rings. The van der Waals surface area contributed by atoms with Gasteiger partial charge in [0.15, 0.2) is 0 Å². The molecule has 0 atom stereocenters. The fourth-order valence-electron chi connectivity index (χ4n) is 4.31. The Labute approximate surface area is 198 Å². The molecule has 0 aromatic heterocycles. The van der Waals surface area contributed by atoms with E-state index in [1.54, 1.807) is 0 Å². The van der Waals surface area contributed by atoms with Crippen molar-refractivity contribution in [3.05, 3.63) is 54.1 Å². The number of nitrogens with zero attached hydrogens (tertiary/aromatic N) is 3. The van der Waals surface area contributed by atoms with Gasteiger partial charge in [0.25, 0.3) is 5.91 Å². The van der Waals surface area contributed by atoms with Gasteiger partial charge in [-0.25, -0.2) is 0 Å². The first-order valence-corrected chi connectivity index (χ1v) is 10.9. The maximum atomic E-state index is 12.7. The Kier molecular flexibility index (Phi) is 10.1. The zero-order chi connectivity index (χ0) is 20.1. The van der Waals surface area contributed by atoms with Crippen LogP contribution < -0.4 is 10.2 Å². The average molecular weight is 465 g/mol. The third-order valence-electron chi connectivity index (χ3n) is 6.08. The second-order valence-corrected chi connectivity index (χ2v) is 8.20. The van der Waals surface area contributed by atoms with E-state index in [1.807, 2.05) is 36.4 Å². The van der Waals surface area contributed by atoms with Crippen molar-refractivity contribution < 1.29 is 4.79 Å². The number of carbonyl (C=O) groups is 1. The lowest BCUT2D eigenvalue weighted by Gasteiger charge is -2.32. The molecule has 1 fully saturated rings. The van der Waals surface area contributed by atoms with E-state index in [0.717, 1.165) is 35.6 Å². The number of carbonyl (C=O) groups excluding carboxylic acids is 1. The predicted octanol–water partition coefficient (Wildman–Crippen LogP) is 5.04. The third-order valence-corrected chi connectivity index (χ3v) is 6.08. The standard InChI is InChI=1S/C24H32N4O.2ClH/c1-26-16-18-27(19-17-26)14-8-2-3-9-15-28-22-12-6-4-10-20(22)24(29)25-21-11-5-7-13-23(21)28;;/h4-7,10-13H,2-3,8-9,14-19H2,1H3,(H,25,29);2*1H. The minimum atomic E-state index is -0.0253. The van der Waals surface area contributed by atoms with Crippen molar-refractivity contribution in [1.82, 2.24) is 9.80 Å². The van der Waals surface area contributed by atoms with E-state index in [-0.39, 0.29) is 30.7 Å². The Balaban J connectivity index is 0.00000171. The molecule has 7 heteroatoms. The molecule has 4 rings (SSSR count).